The van der Waals surface area contributed by atoms with Gasteiger partial charge in [0.1, 0.15) is 5.75 Å². The summed E-state index contributed by atoms with van der Waals surface area (Å²) in [6, 6.07) is 2.43. The van der Waals surface area contributed by atoms with Gasteiger partial charge in [0.05, 0.1) is 19.8 Å². The van der Waals surface area contributed by atoms with Crippen molar-refractivity contribution in [1.29, 1.82) is 0 Å². The van der Waals surface area contributed by atoms with Crippen molar-refractivity contribution in [3.63, 3.8) is 0 Å². The Labute approximate surface area is 128 Å². The minimum atomic E-state index is 0.438. The molecule has 1 heterocycles. The van der Waals surface area contributed by atoms with Gasteiger partial charge >= 0.3 is 0 Å². The Kier molecular flexibility index (Phi) is 8.98. The molecule has 1 rings (SSSR count). The second-order valence-corrected chi connectivity index (χ2v) is 5.28. The van der Waals surface area contributed by atoms with Crippen LogP contribution in [0.1, 0.15) is 31.5 Å². The van der Waals surface area contributed by atoms with E-state index in [4.69, 9.17) is 14.2 Å². The smallest absolute Gasteiger partial charge is 0.127 e. The Bertz CT molecular complexity index is 397. The van der Waals surface area contributed by atoms with Gasteiger partial charge in [-0.25, -0.2) is 0 Å². The van der Waals surface area contributed by atoms with Gasteiger partial charge < -0.3 is 19.5 Å². The molecule has 0 aliphatic carbocycles. The first-order valence-corrected chi connectivity index (χ1v) is 7.52. The molecule has 0 bridgehead atoms. The minimum absolute atomic E-state index is 0.438. The Morgan fingerprint density at radius 1 is 1.19 bits per heavy atom. The summed E-state index contributed by atoms with van der Waals surface area (Å²) in [5, 5.41) is 3.39. The van der Waals surface area contributed by atoms with Crippen LogP contribution in [0.5, 0.6) is 5.75 Å². The van der Waals surface area contributed by atoms with Crippen LogP contribution in [0, 0.1) is 6.92 Å². The third-order valence-corrected chi connectivity index (χ3v) is 2.90. The third-order valence-electron chi connectivity index (χ3n) is 2.90. The molecule has 0 aliphatic rings. The summed E-state index contributed by atoms with van der Waals surface area (Å²) in [7, 11) is 1.67. The number of hydrogen-bond acceptors (Lipinski definition) is 5. The highest BCUT2D eigenvalue weighted by Gasteiger charge is 2.06. The first-order chi connectivity index (χ1) is 10.1. The number of aryl methyl sites for hydroxylation is 1. The molecule has 1 aromatic rings. The Morgan fingerprint density at radius 3 is 2.71 bits per heavy atom. The highest BCUT2D eigenvalue weighted by molar-refractivity contribution is 5.32. The molecule has 0 unspecified atom stereocenters. The molecular formula is C16H28N2O3. The SMILES string of the molecule is COCCOCCCOc1cc(C)ncc1CNC(C)C. The van der Waals surface area contributed by atoms with E-state index in [2.05, 4.69) is 24.1 Å². The molecule has 1 N–H and O–H groups in total. The Balaban J connectivity index is 2.36. The maximum atomic E-state index is 5.87. The van der Waals surface area contributed by atoms with Gasteiger partial charge in [-0.15, -0.1) is 0 Å². The molecule has 0 saturated carbocycles. The zero-order valence-electron chi connectivity index (χ0n) is 13.6. The summed E-state index contributed by atoms with van der Waals surface area (Å²) in [5.74, 6) is 0.910. The molecule has 21 heavy (non-hydrogen) atoms. The molecule has 0 saturated heterocycles. The van der Waals surface area contributed by atoms with Crippen molar-refractivity contribution in [3.8, 4) is 5.75 Å². The van der Waals surface area contributed by atoms with Crippen molar-refractivity contribution in [2.75, 3.05) is 33.5 Å². The summed E-state index contributed by atoms with van der Waals surface area (Å²) in [5.41, 5.74) is 2.06. The number of pyridine rings is 1. The number of hydrogen-bond donors (Lipinski definition) is 1. The Hall–Kier alpha value is -1.17. The second-order valence-electron chi connectivity index (χ2n) is 5.28. The van der Waals surface area contributed by atoms with Crippen LogP contribution in [-0.2, 0) is 16.0 Å². The van der Waals surface area contributed by atoms with Crippen LogP contribution in [0.15, 0.2) is 12.3 Å². The molecule has 120 valence electrons. The summed E-state index contributed by atoms with van der Waals surface area (Å²) in [6.07, 6.45) is 2.75. The lowest BCUT2D eigenvalue weighted by molar-refractivity contribution is 0.0644. The van der Waals surface area contributed by atoms with Gasteiger partial charge in [0, 0.05) is 56.2 Å². The lowest BCUT2D eigenvalue weighted by Crippen LogP contribution is -2.22. The van der Waals surface area contributed by atoms with Gasteiger partial charge in [0.25, 0.3) is 0 Å². The Morgan fingerprint density at radius 2 is 2.00 bits per heavy atom. The maximum Gasteiger partial charge on any atom is 0.127 e. The topological polar surface area (TPSA) is 52.6 Å². The normalized spacial score (nSPS) is 11.1. The molecule has 0 atom stereocenters. The van der Waals surface area contributed by atoms with E-state index >= 15 is 0 Å². The standard InChI is InChI=1S/C16H28N2O3/c1-13(2)17-11-15-12-18-14(3)10-16(15)21-7-5-6-20-9-8-19-4/h10,12-13,17H,5-9,11H2,1-4H3. The van der Waals surface area contributed by atoms with Crippen LogP contribution < -0.4 is 10.1 Å². The van der Waals surface area contributed by atoms with Crippen molar-refractivity contribution < 1.29 is 14.2 Å². The molecule has 5 nitrogen and oxygen atoms in total. The van der Waals surface area contributed by atoms with Crippen molar-refractivity contribution in [2.45, 2.75) is 39.8 Å². The fourth-order valence-electron chi connectivity index (χ4n) is 1.73. The van der Waals surface area contributed by atoms with Gasteiger partial charge in [0.15, 0.2) is 0 Å². The van der Waals surface area contributed by atoms with Crippen LogP contribution in [0.2, 0.25) is 0 Å². The summed E-state index contributed by atoms with van der Waals surface area (Å²) < 4.78 is 16.2. The number of methoxy groups -OCH3 is 1. The lowest BCUT2D eigenvalue weighted by Gasteiger charge is -2.14. The number of rotatable bonds is 11. The highest BCUT2D eigenvalue weighted by Crippen LogP contribution is 2.19. The van der Waals surface area contributed by atoms with E-state index in [1.165, 1.54) is 0 Å². The van der Waals surface area contributed by atoms with Crippen molar-refractivity contribution in [3.05, 3.63) is 23.5 Å². The monoisotopic (exact) mass is 296 g/mol. The number of ether oxygens (including phenoxy) is 3. The minimum Gasteiger partial charge on any atom is -0.493 e. The van der Waals surface area contributed by atoms with Crippen LogP contribution in [0.25, 0.3) is 0 Å². The van der Waals surface area contributed by atoms with Crippen LogP contribution >= 0.6 is 0 Å². The van der Waals surface area contributed by atoms with E-state index in [-0.39, 0.29) is 0 Å². The largest absolute Gasteiger partial charge is 0.493 e. The van der Waals surface area contributed by atoms with E-state index in [0.717, 1.165) is 30.0 Å². The number of nitrogens with one attached hydrogen (secondary N) is 1. The average Bonchev–Trinajstić information content (AvgIpc) is 2.45. The van der Waals surface area contributed by atoms with E-state index in [9.17, 15) is 0 Å². The summed E-state index contributed by atoms with van der Waals surface area (Å²) in [4.78, 5) is 4.34. The molecule has 0 radical (unpaired) electrons. The van der Waals surface area contributed by atoms with Gasteiger partial charge in [-0.1, -0.05) is 13.8 Å². The fraction of sp³-hybridized carbons (Fsp3) is 0.688. The number of nitrogens with zero attached hydrogens (tertiary/aromatic N) is 1. The molecule has 0 aliphatic heterocycles. The molecule has 1 aromatic heterocycles. The average molecular weight is 296 g/mol. The highest BCUT2D eigenvalue weighted by atomic mass is 16.5. The molecular weight excluding hydrogens is 268 g/mol. The van der Waals surface area contributed by atoms with Crippen LogP contribution in [-0.4, -0.2) is 44.6 Å². The van der Waals surface area contributed by atoms with Crippen molar-refractivity contribution >= 4 is 0 Å². The van der Waals surface area contributed by atoms with Gasteiger partial charge in [-0.3, -0.25) is 4.98 Å². The summed E-state index contributed by atoms with van der Waals surface area (Å²) >= 11 is 0. The fourth-order valence-corrected chi connectivity index (χ4v) is 1.73. The molecule has 0 spiro atoms. The van der Waals surface area contributed by atoms with E-state index in [0.29, 0.717) is 32.5 Å². The molecule has 0 aromatic carbocycles. The predicted molar refractivity (Wildman–Crippen MR) is 83.8 cm³/mol. The zero-order valence-corrected chi connectivity index (χ0v) is 13.6. The van der Waals surface area contributed by atoms with E-state index in [1.54, 1.807) is 7.11 Å². The van der Waals surface area contributed by atoms with E-state index < -0.39 is 0 Å². The predicted octanol–water partition coefficient (Wildman–Crippen LogP) is 2.32. The van der Waals surface area contributed by atoms with Crippen molar-refractivity contribution in [1.82, 2.24) is 10.3 Å². The quantitative estimate of drug-likeness (QED) is 0.635. The lowest BCUT2D eigenvalue weighted by atomic mass is 10.2. The van der Waals surface area contributed by atoms with Gasteiger partial charge in [0.2, 0.25) is 0 Å². The summed E-state index contributed by atoms with van der Waals surface area (Å²) in [6.45, 7) is 9.59. The zero-order chi connectivity index (χ0) is 15.5. The van der Waals surface area contributed by atoms with Gasteiger partial charge in [-0.2, -0.15) is 0 Å². The van der Waals surface area contributed by atoms with Crippen LogP contribution in [0.4, 0.5) is 0 Å². The van der Waals surface area contributed by atoms with Crippen LogP contribution in [0.3, 0.4) is 0 Å². The van der Waals surface area contributed by atoms with E-state index in [1.807, 2.05) is 19.2 Å². The second kappa shape index (κ2) is 10.5. The molecule has 0 fully saturated rings. The molecule has 5 heteroatoms. The van der Waals surface area contributed by atoms with Crippen molar-refractivity contribution in [2.24, 2.45) is 0 Å². The number of aromatic nitrogens is 1. The first-order valence-electron chi connectivity index (χ1n) is 7.52. The third kappa shape index (κ3) is 7.99. The first kappa shape index (κ1) is 17.9. The maximum absolute atomic E-state index is 5.87. The van der Waals surface area contributed by atoms with Gasteiger partial charge in [-0.05, 0) is 6.92 Å². The molecule has 0 amide bonds.